The Labute approximate surface area is 192 Å². The van der Waals surface area contributed by atoms with Gasteiger partial charge in [0.1, 0.15) is 5.75 Å². The smallest absolute Gasteiger partial charge is 0.223 e. The van der Waals surface area contributed by atoms with Gasteiger partial charge in [-0.2, -0.15) is 0 Å². The predicted molar refractivity (Wildman–Crippen MR) is 130 cm³/mol. The van der Waals surface area contributed by atoms with Gasteiger partial charge >= 0.3 is 0 Å². The molecule has 1 aliphatic rings. The minimum atomic E-state index is 0. The molecule has 6 nitrogen and oxygen atoms in total. The molecule has 0 aliphatic heterocycles. The highest BCUT2D eigenvalue weighted by atomic mass is 127. The topological polar surface area (TPSA) is 74.8 Å². The van der Waals surface area contributed by atoms with E-state index in [1.54, 1.807) is 7.05 Å². The van der Waals surface area contributed by atoms with Gasteiger partial charge in [0.15, 0.2) is 5.96 Å². The van der Waals surface area contributed by atoms with E-state index in [4.69, 9.17) is 4.74 Å². The van der Waals surface area contributed by atoms with Gasteiger partial charge in [0.2, 0.25) is 5.91 Å². The van der Waals surface area contributed by atoms with Gasteiger partial charge < -0.3 is 20.7 Å². The number of carbonyl (C=O) groups is 1. The van der Waals surface area contributed by atoms with Gasteiger partial charge in [-0.3, -0.25) is 9.79 Å². The largest absolute Gasteiger partial charge is 0.493 e. The summed E-state index contributed by atoms with van der Waals surface area (Å²) in [6.07, 6.45) is 4.15. The molecule has 1 unspecified atom stereocenters. The molecule has 0 saturated heterocycles. The molecule has 2 rings (SSSR count). The molecule has 0 spiro atoms. The summed E-state index contributed by atoms with van der Waals surface area (Å²) in [5.41, 5.74) is 1.17. The fourth-order valence-electron chi connectivity index (χ4n) is 2.92. The van der Waals surface area contributed by atoms with Crippen LogP contribution in [-0.4, -0.2) is 38.6 Å². The number of hydrogen-bond acceptors (Lipinski definition) is 3. The zero-order valence-corrected chi connectivity index (χ0v) is 20.5. The summed E-state index contributed by atoms with van der Waals surface area (Å²) in [7, 11) is 1.77. The average molecular weight is 516 g/mol. The van der Waals surface area contributed by atoms with Crippen LogP contribution in [0.5, 0.6) is 5.75 Å². The van der Waals surface area contributed by atoms with Crippen molar-refractivity contribution in [3.8, 4) is 5.75 Å². The number of hydrogen-bond donors (Lipinski definition) is 3. The molecular weight excluding hydrogens is 479 g/mol. The molecular formula is C22H37IN4O2. The van der Waals surface area contributed by atoms with Crippen molar-refractivity contribution in [3.05, 3.63) is 29.8 Å². The minimum Gasteiger partial charge on any atom is -0.493 e. The summed E-state index contributed by atoms with van der Waals surface area (Å²) >= 11 is 0. The zero-order valence-electron chi connectivity index (χ0n) is 18.2. The molecule has 1 fully saturated rings. The maximum absolute atomic E-state index is 11.8. The Morgan fingerprint density at radius 1 is 1.14 bits per heavy atom. The SMILES string of the molecule is CN=C(NCCCNC(=O)C1CCC1)NC(C)c1ccc(OCC(C)C)cc1.I. The molecule has 1 aromatic carbocycles. The van der Waals surface area contributed by atoms with E-state index in [1.807, 2.05) is 12.1 Å². The van der Waals surface area contributed by atoms with Gasteiger partial charge in [0, 0.05) is 26.1 Å². The molecule has 1 atom stereocenters. The van der Waals surface area contributed by atoms with E-state index in [0.717, 1.165) is 44.1 Å². The van der Waals surface area contributed by atoms with Gasteiger partial charge in [0.05, 0.1) is 12.6 Å². The van der Waals surface area contributed by atoms with Crippen LogP contribution in [-0.2, 0) is 4.79 Å². The Kier molecular flexibility index (Phi) is 12.0. The van der Waals surface area contributed by atoms with Crippen LogP contribution in [0.3, 0.4) is 0 Å². The summed E-state index contributed by atoms with van der Waals surface area (Å²) in [6.45, 7) is 8.58. The lowest BCUT2D eigenvalue weighted by atomic mass is 9.85. The van der Waals surface area contributed by atoms with Crippen LogP contribution < -0.4 is 20.7 Å². The van der Waals surface area contributed by atoms with Gasteiger partial charge in [-0.25, -0.2) is 0 Å². The second-order valence-electron chi connectivity index (χ2n) is 7.91. The van der Waals surface area contributed by atoms with Crippen molar-refractivity contribution >= 4 is 35.8 Å². The molecule has 1 aromatic rings. The Hall–Kier alpha value is -1.51. The minimum absolute atomic E-state index is 0. The van der Waals surface area contributed by atoms with E-state index >= 15 is 0 Å². The van der Waals surface area contributed by atoms with Crippen LogP contribution in [0.25, 0.3) is 0 Å². The van der Waals surface area contributed by atoms with Crippen molar-refractivity contribution in [2.45, 2.75) is 52.5 Å². The number of carbonyl (C=O) groups excluding carboxylic acids is 1. The number of rotatable bonds is 10. The lowest BCUT2D eigenvalue weighted by Gasteiger charge is -2.24. The van der Waals surface area contributed by atoms with Gasteiger partial charge in [0.25, 0.3) is 0 Å². The maximum Gasteiger partial charge on any atom is 0.223 e. The van der Waals surface area contributed by atoms with Gasteiger partial charge in [-0.1, -0.05) is 32.4 Å². The van der Waals surface area contributed by atoms with Crippen LogP contribution in [0, 0.1) is 11.8 Å². The van der Waals surface area contributed by atoms with Crippen molar-refractivity contribution in [1.29, 1.82) is 0 Å². The number of aliphatic imine (C=N–C) groups is 1. The van der Waals surface area contributed by atoms with Crippen LogP contribution >= 0.6 is 24.0 Å². The maximum atomic E-state index is 11.8. The normalized spacial score (nSPS) is 15.1. The Morgan fingerprint density at radius 3 is 2.34 bits per heavy atom. The Bertz CT molecular complexity index is 630. The van der Waals surface area contributed by atoms with E-state index in [9.17, 15) is 4.79 Å². The second kappa shape index (κ2) is 13.7. The first-order valence-corrected chi connectivity index (χ1v) is 10.5. The molecule has 0 heterocycles. The number of benzene rings is 1. The fraction of sp³-hybridized carbons (Fsp3) is 0.636. The summed E-state index contributed by atoms with van der Waals surface area (Å²) in [4.78, 5) is 16.1. The van der Waals surface area contributed by atoms with E-state index in [1.165, 1.54) is 12.0 Å². The average Bonchev–Trinajstić information content (AvgIpc) is 2.64. The number of guanidine groups is 1. The van der Waals surface area contributed by atoms with Crippen molar-refractivity contribution in [1.82, 2.24) is 16.0 Å². The molecule has 3 N–H and O–H groups in total. The number of nitrogens with one attached hydrogen (secondary N) is 3. The summed E-state index contributed by atoms with van der Waals surface area (Å²) < 4.78 is 5.74. The molecule has 1 saturated carbocycles. The first kappa shape index (κ1) is 25.5. The summed E-state index contributed by atoms with van der Waals surface area (Å²) in [5.74, 6) is 2.64. The molecule has 1 aliphatic carbocycles. The zero-order chi connectivity index (χ0) is 20.4. The highest BCUT2D eigenvalue weighted by Crippen LogP contribution is 2.26. The number of ether oxygens (including phenoxy) is 1. The quantitative estimate of drug-likeness (QED) is 0.191. The lowest BCUT2D eigenvalue weighted by molar-refractivity contribution is -0.127. The van der Waals surface area contributed by atoms with Crippen LogP contribution in [0.2, 0.25) is 0 Å². The first-order valence-electron chi connectivity index (χ1n) is 10.5. The Morgan fingerprint density at radius 2 is 1.79 bits per heavy atom. The van der Waals surface area contributed by atoms with Crippen molar-refractivity contribution in [2.75, 3.05) is 26.7 Å². The fourth-order valence-corrected chi connectivity index (χ4v) is 2.92. The molecule has 7 heteroatoms. The van der Waals surface area contributed by atoms with E-state index in [0.29, 0.717) is 12.5 Å². The molecule has 164 valence electrons. The third kappa shape index (κ3) is 9.23. The van der Waals surface area contributed by atoms with E-state index in [2.05, 4.69) is 53.8 Å². The molecule has 0 radical (unpaired) electrons. The molecule has 0 aromatic heterocycles. The monoisotopic (exact) mass is 516 g/mol. The number of halogens is 1. The Balaban J connectivity index is 0.00000420. The molecule has 29 heavy (non-hydrogen) atoms. The summed E-state index contributed by atoms with van der Waals surface area (Å²) in [5, 5.41) is 9.72. The van der Waals surface area contributed by atoms with Crippen molar-refractivity contribution in [3.63, 3.8) is 0 Å². The van der Waals surface area contributed by atoms with Crippen LogP contribution in [0.4, 0.5) is 0 Å². The van der Waals surface area contributed by atoms with Gasteiger partial charge in [-0.15, -0.1) is 24.0 Å². The van der Waals surface area contributed by atoms with E-state index in [-0.39, 0.29) is 41.8 Å². The predicted octanol–water partition coefficient (Wildman–Crippen LogP) is 3.87. The highest BCUT2D eigenvalue weighted by Gasteiger charge is 2.24. The lowest BCUT2D eigenvalue weighted by Crippen LogP contribution is -2.40. The van der Waals surface area contributed by atoms with E-state index < -0.39 is 0 Å². The summed E-state index contributed by atoms with van der Waals surface area (Å²) in [6, 6.07) is 8.31. The van der Waals surface area contributed by atoms with Crippen LogP contribution in [0.15, 0.2) is 29.3 Å². The van der Waals surface area contributed by atoms with Gasteiger partial charge in [-0.05, 0) is 49.8 Å². The van der Waals surface area contributed by atoms with Crippen molar-refractivity contribution in [2.24, 2.45) is 16.8 Å². The second-order valence-corrected chi connectivity index (χ2v) is 7.91. The third-order valence-corrected chi connectivity index (χ3v) is 4.96. The van der Waals surface area contributed by atoms with Crippen molar-refractivity contribution < 1.29 is 9.53 Å². The molecule has 0 bridgehead atoms. The standard InChI is InChI=1S/C22H36N4O2.HI/c1-16(2)15-28-20-11-9-18(10-12-20)17(3)26-22(23-4)25-14-6-13-24-21(27)19-7-5-8-19;/h9-12,16-17,19H,5-8,13-15H2,1-4H3,(H,24,27)(H2,23,25,26);1H. The van der Waals surface area contributed by atoms with Crippen LogP contribution in [0.1, 0.15) is 58.1 Å². The number of amides is 1. The first-order chi connectivity index (χ1) is 13.5. The molecule has 1 amide bonds. The highest BCUT2D eigenvalue weighted by molar-refractivity contribution is 14.0. The number of nitrogens with zero attached hydrogens (tertiary/aromatic N) is 1. The third-order valence-electron chi connectivity index (χ3n) is 4.96.